The molecule has 0 saturated carbocycles. The minimum atomic E-state index is -0.187. The second-order valence-electron chi connectivity index (χ2n) is 7.87. The molecule has 0 aromatic heterocycles. The van der Waals surface area contributed by atoms with Gasteiger partial charge in [0.25, 0.3) is 5.91 Å². The molecule has 0 spiro atoms. The summed E-state index contributed by atoms with van der Waals surface area (Å²) < 4.78 is 10.7. The molecule has 2 amide bonds. The molecule has 6 heteroatoms. The van der Waals surface area contributed by atoms with Crippen molar-refractivity contribution in [2.75, 3.05) is 19.9 Å². The summed E-state index contributed by atoms with van der Waals surface area (Å²) in [7, 11) is 0. The number of piperidine rings is 1. The Bertz CT molecular complexity index is 920. The first kappa shape index (κ1) is 19.3. The van der Waals surface area contributed by atoms with E-state index in [2.05, 4.69) is 11.4 Å². The Labute approximate surface area is 170 Å². The van der Waals surface area contributed by atoms with Gasteiger partial charge in [0, 0.05) is 25.2 Å². The molecule has 1 fully saturated rings. The quantitative estimate of drug-likeness (QED) is 0.865. The van der Waals surface area contributed by atoms with Crippen molar-refractivity contribution in [2.45, 2.75) is 33.2 Å². The highest BCUT2D eigenvalue weighted by Crippen LogP contribution is 2.32. The van der Waals surface area contributed by atoms with E-state index in [4.69, 9.17) is 9.47 Å². The second kappa shape index (κ2) is 8.15. The predicted molar refractivity (Wildman–Crippen MR) is 109 cm³/mol. The number of carbonyl (C=O) groups is 2. The van der Waals surface area contributed by atoms with Crippen molar-refractivity contribution < 1.29 is 19.1 Å². The maximum Gasteiger partial charge on any atom is 0.253 e. The van der Waals surface area contributed by atoms with Gasteiger partial charge in [0.15, 0.2) is 11.5 Å². The number of ether oxygens (including phenoxy) is 2. The van der Waals surface area contributed by atoms with Crippen molar-refractivity contribution in [1.29, 1.82) is 0 Å². The fourth-order valence-electron chi connectivity index (χ4n) is 4.04. The maximum absolute atomic E-state index is 12.9. The number of nitrogens with zero attached hydrogens (tertiary/aromatic N) is 1. The summed E-state index contributed by atoms with van der Waals surface area (Å²) in [6.45, 7) is 5.80. The Kier molecular flexibility index (Phi) is 5.43. The number of fused-ring (bicyclic) bond motifs is 1. The van der Waals surface area contributed by atoms with Crippen molar-refractivity contribution in [1.82, 2.24) is 10.2 Å². The van der Waals surface area contributed by atoms with Gasteiger partial charge in [-0.3, -0.25) is 9.59 Å². The number of carbonyl (C=O) groups excluding carboxylic acids is 2. The van der Waals surface area contributed by atoms with Crippen LogP contribution in [0.15, 0.2) is 36.4 Å². The van der Waals surface area contributed by atoms with Gasteiger partial charge in [-0.25, -0.2) is 0 Å². The van der Waals surface area contributed by atoms with Crippen molar-refractivity contribution in [3.63, 3.8) is 0 Å². The lowest BCUT2D eigenvalue weighted by atomic mass is 9.96. The highest BCUT2D eigenvalue weighted by Gasteiger charge is 2.29. The minimum Gasteiger partial charge on any atom is -0.454 e. The smallest absolute Gasteiger partial charge is 0.253 e. The van der Waals surface area contributed by atoms with Crippen LogP contribution < -0.4 is 14.8 Å². The van der Waals surface area contributed by atoms with Crippen LogP contribution in [0.4, 0.5) is 0 Å². The van der Waals surface area contributed by atoms with E-state index in [-0.39, 0.29) is 24.5 Å². The average molecular weight is 394 g/mol. The molecule has 6 nitrogen and oxygen atoms in total. The van der Waals surface area contributed by atoms with E-state index in [9.17, 15) is 9.59 Å². The normalized spacial score (nSPS) is 17.9. The zero-order valence-electron chi connectivity index (χ0n) is 16.9. The summed E-state index contributed by atoms with van der Waals surface area (Å²) in [6.07, 6.45) is 1.63. The van der Waals surface area contributed by atoms with Crippen molar-refractivity contribution in [3.8, 4) is 11.5 Å². The molecule has 0 radical (unpaired) electrons. The van der Waals surface area contributed by atoms with E-state index in [1.165, 1.54) is 0 Å². The van der Waals surface area contributed by atoms with Crippen LogP contribution in [0.2, 0.25) is 0 Å². The second-order valence-corrected chi connectivity index (χ2v) is 7.87. The van der Waals surface area contributed by atoms with Gasteiger partial charge in [-0.1, -0.05) is 23.3 Å². The van der Waals surface area contributed by atoms with Crippen LogP contribution in [0.1, 0.15) is 39.9 Å². The van der Waals surface area contributed by atoms with E-state index in [0.717, 1.165) is 35.3 Å². The number of amides is 2. The van der Waals surface area contributed by atoms with Crippen molar-refractivity contribution in [2.24, 2.45) is 5.92 Å². The Morgan fingerprint density at radius 1 is 1.07 bits per heavy atom. The number of likely N-dealkylation sites (tertiary alicyclic amines) is 1. The summed E-state index contributed by atoms with van der Waals surface area (Å²) >= 11 is 0. The van der Waals surface area contributed by atoms with E-state index in [1.54, 1.807) is 0 Å². The molecule has 0 aliphatic carbocycles. The molecule has 0 bridgehead atoms. The maximum atomic E-state index is 12.9. The van der Waals surface area contributed by atoms with Gasteiger partial charge in [0.1, 0.15) is 0 Å². The van der Waals surface area contributed by atoms with Crippen molar-refractivity contribution in [3.05, 3.63) is 58.7 Å². The summed E-state index contributed by atoms with van der Waals surface area (Å²) in [6, 6.07) is 11.6. The molecule has 1 unspecified atom stereocenters. The van der Waals surface area contributed by atoms with Crippen LogP contribution in [-0.4, -0.2) is 36.6 Å². The van der Waals surface area contributed by atoms with Crippen LogP contribution in [0.3, 0.4) is 0 Å². The van der Waals surface area contributed by atoms with Gasteiger partial charge in [0.2, 0.25) is 12.7 Å². The van der Waals surface area contributed by atoms with Gasteiger partial charge in [-0.05, 0) is 56.5 Å². The zero-order chi connectivity index (χ0) is 20.4. The van der Waals surface area contributed by atoms with E-state index < -0.39 is 0 Å². The number of aryl methyl sites for hydroxylation is 2. The molecule has 2 heterocycles. The number of hydrogen-bond donors (Lipinski definition) is 1. The fraction of sp³-hybridized carbons (Fsp3) is 0.391. The topological polar surface area (TPSA) is 67.9 Å². The van der Waals surface area contributed by atoms with E-state index >= 15 is 0 Å². The molecule has 2 aromatic carbocycles. The third-order valence-electron chi connectivity index (χ3n) is 5.45. The Hall–Kier alpha value is -3.02. The first-order valence-electron chi connectivity index (χ1n) is 10.0. The first-order valence-corrected chi connectivity index (χ1v) is 10.0. The van der Waals surface area contributed by atoms with Gasteiger partial charge < -0.3 is 19.7 Å². The van der Waals surface area contributed by atoms with Gasteiger partial charge in [0.05, 0.1) is 5.92 Å². The average Bonchev–Trinajstić information content (AvgIpc) is 3.18. The highest BCUT2D eigenvalue weighted by atomic mass is 16.7. The monoisotopic (exact) mass is 394 g/mol. The lowest BCUT2D eigenvalue weighted by molar-refractivity contribution is -0.126. The number of nitrogens with one attached hydrogen (secondary N) is 1. The van der Waals surface area contributed by atoms with E-state index in [1.807, 2.05) is 49.1 Å². The van der Waals surface area contributed by atoms with Crippen LogP contribution in [0, 0.1) is 19.8 Å². The third-order valence-corrected chi connectivity index (χ3v) is 5.45. The Balaban J connectivity index is 1.36. The SMILES string of the molecule is Cc1cc(C)cc(C(=O)N2CCCC(C(=O)NCc3ccc4c(c3)OCO4)C2)c1. The van der Waals surface area contributed by atoms with Crippen LogP contribution in [0.5, 0.6) is 11.5 Å². The summed E-state index contributed by atoms with van der Waals surface area (Å²) in [4.78, 5) is 27.4. The molecular formula is C23H26N2O4. The zero-order valence-corrected chi connectivity index (χ0v) is 16.9. The number of hydrogen-bond acceptors (Lipinski definition) is 4. The highest BCUT2D eigenvalue weighted by molar-refractivity contribution is 5.95. The van der Waals surface area contributed by atoms with Gasteiger partial charge in [-0.2, -0.15) is 0 Å². The van der Waals surface area contributed by atoms with Crippen LogP contribution in [0.25, 0.3) is 0 Å². The van der Waals surface area contributed by atoms with Crippen LogP contribution >= 0.6 is 0 Å². The summed E-state index contributed by atoms with van der Waals surface area (Å²) in [5, 5.41) is 3.00. The molecule has 2 aliphatic heterocycles. The molecule has 2 aromatic rings. The molecule has 1 saturated heterocycles. The predicted octanol–water partition coefficient (Wildman–Crippen LogP) is 3.20. The largest absolute Gasteiger partial charge is 0.454 e. The number of benzene rings is 2. The van der Waals surface area contributed by atoms with Crippen LogP contribution in [-0.2, 0) is 11.3 Å². The lowest BCUT2D eigenvalue weighted by Gasteiger charge is -2.32. The molecule has 29 heavy (non-hydrogen) atoms. The summed E-state index contributed by atoms with van der Waals surface area (Å²) in [5.74, 6) is 1.24. The molecular weight excluding hydrogens is 368 g/mol. The number of rotatable bonds is 4. The van der Waals surface area contributed by atoms with Crippen molar-refractivity contribution >= 4 is 11.8 Å². The standard InChI is InChI=1S/C23H26N2O4/c1-15-8-16(2)10-19(9-15)23(27)25-7-3-4-18(13-25)22(26)24-12-17-5-6-20-21(11-17)29-14-28-20/h5-6,8-11,18H,3-4,7,12-14H2,1-2H3,(H,24,26). The van der Waals surface area contributed by atoms with E-state index in [0.29, 0.717) is 30.9 Å². The third kappa shape index (κ3) is 4.36. The Morgan fingerprint density at radius 2 is 1.83 bits per heavy atom. The molecule has 1 atom stereocenters. The first-order chi connectivity index (χ1) is 14.0. The minimum absolute atomic E-state index is 0.00470. The molecule has 4 rings (SSSR count). The van der Waals surface area contributed by atoms with Gasteiger partial charge >= 0.3 is 0 Å². The Morgan fingerprint density at radius 3 is 2.62 bits per heavy atom. The lowest BCUT2D eigenvalue weighted by Crippen LogP contribution is -2.45. The molecule has 2 aliphatic rings. The molecule has 1 N–H and O–H groups in total. The van der Waals surface area contributed by atoms with Gasteiger partial charge in [-0.15, -0.1) is 0 Å². The summed E-state index contributed by atoms with van der Waals surface area (Å²) in [5.41, 5.74) is 3.80. The fourth-order valence-corrected chi connectivity index (χ4v) is 4.04. The molecule has 152 valence electrons.